The second-order valence-corrected chi connectivity index (χ2v) is 7.03. The van der Waals surface area contributed by atoms with E-state index in [9.17, 15) is 5.11 Å². The topological polar surface area (TPSA) is 20.2 Å². The van der Waals surface area contributed by atoms with Crippen LogP contribution in [-0.2, 0) is 0 Å². The van der Waals surface area contributed by atoms with E-state index in [2.05, 4.69) is 62.0 Å². The lowest BCUT2D eigenvalue weighted by molar-refractivity contribution is 0.473. The number of phenols is 1. The average molecular weight is 326 g/mol. The fraction of sp³-hybridized carbons (Fsp3) is 0.167. The molecule has 1 aliphatic rings. The maximum Gasteiger partial charge on any atom is 0.123 e. The van der Waals surface area contributed by atoms with Gasteiger partial charge in [0.1, 0.15) is 5.75 Å². The standard InChI is InChI=1S/C24H22O/c1-3-17-5-7-19-14-20(9-8-18(19)13-17)21-10-11-24(25)23(15-21)22-6-4-16(2)12-22/h3,5-11,13-16,25H,1,4,12H2,2H3. The van der Waals surface area contributed by atoms with Gasteiger partial charge in [-0.2, -0.15) is 0 Å². The van der Waals surface area contributed by atoms with Crippen LogP contribution in [0.15, 0.2) is 67.3 Å². The van der Waals surface area contributed by atoms with Gasteiger partial charge in [-0.05, 0) is 76.1 Å². The molecule has 0 heterocycles. The number of aromatic hydroxyl groups is 1. The molecule has 0 bridgehead atoms. The molecule has 0 aliphatic heterocycles. The maximum atomic E-state index is 10.3. The third-order valence-electron chi connectivity index (χ3n) is 5.11. The minimum Gasteiger partial charge on any atom is -0.507 e. The van der Waals surface area contributed by atoms with Crippen molar-refractivity contribution in [1.82, 2.24) is 0 Å². The number of fused-ring (bicyclic) bond motifs is 1. The summed E-state index contributed by atoms with van der Waals surface area (Å²) in [6.45, 7) is 6.09. The normalized spacial score (nSPS) is 16.8. The Bertz CT molecular complexity index is 994. The SMILES string of the molecule is C=Cc1ccc2cc(-c3ccc(O)c(C4=CCC(C)C4)c3)ccc2c1. The summed E-state index contributed by atoms with van der Waals surface area (Å²) in [5.74, 6) is 1.04. The zero-order chi connectivity index (χ0) is 17.4. The van der Waals surface area contributed by atoms with E-state index in [1.54, 1.807) is 0 Å². The first kappa shape index (κ1) is 15.7. The molecule has 0 amide bonds. The summed E-state index contributed by atoms with van der Waals surface area (Å²) in [5, 5.41) is 12.7. The Hall–Kier alpha value is -2.80. The maximum absolute atomic E-state index is 10.3. The lowest BCUT2D eigenvalue weighted by Crippen LogP contribution is -1.89. The molecule has 1 heteroatoms. The van der Waals surface area contributed by atoms with E-state index in [1.165, 1.54) is 21.9 Å². The molecule has 0 aromatic heterocycles. The summed E-state index contributed by atoms with van der Waals surface area (Å²) in [4.78, 5) is 0. The van der Waals surface area contributed by atoms with Gasteiger partial charge < -0.3 is 5.11 Å². The molecule has 3 aromatic carbocycles. The van der Waals surface area contributed by atoms with Crippen LogP contribution in [0.25, 0.3) is 33.5 Å². The van der Waals surface area contributed by atoms with Crippen LogP contribution in [0.1, 0.15) is 30.9 Å². The molecular weight excluding hydrogens is 304 g/mol. The Morgan fingerprint density at radius 1 is 0.960 bits per heavy atom. The van der Waals surface area contributed by atoms with Crippen LogP contribution in [0.2, 0.25) is 0 Å². The van der Waals surface area contributed by atoms with Crippen LogP contribution in [-0.4, -0.2) is 5.11 Å². The van der Waals surface area contributed by atoms with E-state index in [-0.39, 0.29) is 0 Å². The number of allylic oxidation sites excluding steroid dienone is 2. The summed E-state index contributed by atoms with van der Waals surface area (Å²) in [5.41, 5.74) is 5.69. The van der Waals surface area contributed by atoms with Gasteiger partial charge in [0.15, 0.2) is 0 Å². The number of benzene rings is 3. The average Bonchev–Trinajstić information content (AvgIpc) is 3.07. The van der Waals surface area contributed by atoms with E-state index in [4.69, 9.17) is 0 Å². The fourth-order valence-corrected chi connectivity index (χ4v) is 3.65. The monoisotopic (exact) mass is 326 g/mol. The predicted molar refractivity (Wildman–Crippen MR) is 108 cm³/mol. The summed E-state index contributed by atoms with van der Waals surface area (Å²) in [7, 11) is 0. The first-order valence-electron chi connectivity index (χ1n) is 8.83. The van der Waals surface area contributed by atoms with Gasteiger partial charge in [0.2, 0.25) is 0 Å². The fourth-order valence-electron chi connectivity index (χ4n) is 3.65. The predicted octanol–water partition coefficient (Wildman–Crippen LogP) is 6.67. The molecular formula is C24H22O. The van der Waals surface area contributed by atoms with Crippen LogP contribution in [0, 0.1) is 5.92 Å². The Balaban J connectivity index is 1.77. The Labute approximate surface area is 148 Å². The zero-order valence-corrected chi connectivity index (χ0v) is 14.5. The molecule has 1 unspecified atom stereocenters. The molecule has 3 aromatic rings. The number of phenolic OH excluding ortho intramolecular Hbond substituents is 1. The molecule has 1 nitrogen and oxygen atoms in total. The van der Waals surface area contributed by atoms with Gasteiger partial charge in [0.05, 0.1) is 0 Å². The summed E-state index contributed by atoms with van der Waals surface area (Å²) in [6.07, 6.45) is 6.27. The number of hydrogen-bond donors (Lipinski definition) is 1. The first-order valence-corrected chi connectivity index (χ1v) is 8.83. The number of hydrogen-bond acceptors (Lipinski definition) is 1. The summed E-state index contributed by atoms with van der Waals surface area (Å²) >= 11 is 0. The highest BCUT2D eigenvalue weighted by atomic mass is 16.3. The van der Waals surface area contributed by atoms with Gasteiger partial charge in [-0.3, -0.25) is 0 Å². The van der Waals surface area contributed by atoms with Crippen molar-refractivity contribution >= 4 is 22.4 Å². The van der Waals surface area contributed by atoms with Crippen LogP contribution in [0.4, 0.5) is 0 Å². The molecule has 25 heavy (non-hydrogen) atoms. The van der Waals surface area contributed by atoms with Crippen molar-refractivity contribution in [1.29, 1.82) is 0 Å². The van der Waals surface area contributed by atoms with Crippen molar-refractivity contribution in [2.75, 3.05) is 0 Å². The summed E-state index contributed by atoms with van der Waals surface area (Å²) < 4.78 is 0. The number of rotatable bonds is 3. The van der Waals surface area contributed by atoms with E-state index in [0.717, 1.165) is 29.5 Å². The highest BCUT2D eigenvalue weighted by Gasteiger charge is 2.17. The molecule has 0 spiro atoms. The Morgan fingerprint density at radius 3 is 2.44 bits per heavy atom. The molecule has 1 N–H and O–H groups in total. The lowest BCUT2D eigenvalue weighted by Gasteiger charge is -2.11. The highest BCUT2D eigenvalue weighted by molar-refractivity contribution is 5.89. The third-order valence-corrected chi connectivity index (χ3v) is 5.11. The van der Waals surface area contributed by atoms with E-state index < -0.39 is 0 Å². The van der Waals surface area contributed by atoms with E-state index in [0.29, 0.717) is 11.7 Å². The second kappa shape index (κ2) is 6.25. The zero-order valence-electron chi connectivity index (χ0n) is 14.5. The summed E-state index contributed by atoms with van der Waals surface area (Å²) in [6, 6.07) is 18.8. The molecule has 0 saturated heterocycles. The van der Waals surface area contributed by atoms with Crippen LogP contribution < -0.4 is 0 Å². The van der Waals surface area contributed by atoms with Crippen molar-refractivity contribution in [2.45, 2.75) is 19.8 Å². The highest BCUT2D eigenvalue weighted by Crippen LogP contribution is 2.38. The largest absolute Gasteiger partial charge is 0.507 e. The van der Waals surface area contributed by atoms with Gasteiger partial charge in [-0.15, -0.1) is 0 Å². The van der Waals surface area contributed by atoms with Crippen molar-refractivity contribution < 1.29 is 5.11 Å². The van der Waals surface area contributed by atoms with E-state index >= 15 is 0 Å². The second-order valence-electron chi connectivity index (χ2n) is 7.03. The molecule has 1 aliphatic carbocycles. The van der Waals surface area contributed by atoms with E-state index in [1.807, 2.05) is 18.2 Å². The van der Waals surface area contributed by atoms with Crippen LogP contribution >= 0.6 is 0 Å². The van der Waals surface area contributed by atoms with Crippen molar-refractivity contribution in [3.8, 4) is 16.9 Å². The quantitative estimate of drug-likeness (QED) is 0.570. The minimum absolute atomic E-state index is 0.375. The molecule has 1 atom stereocenters. The molecule has 0 fully saturated rings. The molecule has 4 rings (SSSR count). The van der Waals surface area contributed by atoms with Crippen molar-refractivity contribution in [2.24, 2.45) is 5.92 Å². The van der Waals surface area contributed by atoms with Gasteiger partial charge in [-0.1, -0.05) is 56.0 Å². The van der Waals surface area contributed by atoms with Gasteiger partial charge >= 0.3 is 0 Å². The lowest BCUT2D eigenvalue weighted by atomic mass is 9.95. The van der Waals surface area contributed by atoms with Gasteiger partial charge in [-0.25, -0.2) is 0 Å². The molecule has 124 valence electrons. The van der Waals surface area contributed by atoms with Crippen molar-refractivity contribution in [3.63, 3.8) is 0 Å². The van der Waals surface area contributed by atoms with Crippen molar-refractivity contribution in [3.05, 3.63) is 78.4 Å². The van der Waals surface area contributed by atoms with Gasteiger partial charge in [0.25, 0.3) is 0 Å². The molecule has 0 saturated carbocycles. The first-order chi connectivity index (χ1) is 12.1. The minimum atomic E-state index is 0.375. The van der Waals surface area contributed by atoms with Crippen LogP contribution in [0.5, 0.6) is 5.75 Å². The smallest absolute Gasteiger partial charge is 0.123 e. The van der Waals surface area contributed by atoms with Crippen LogP contribution in [0.3, 0.4) is 0 Å². The third kappa shape index (κ3) is 2.98. The van der Waals surface area contributed by atoms with Gasteiger partial charge in [0, 0.05) is 5.56 Å². The molecule has 0 radical (unpaired) electrons. The Kier molecular flexibility index (Phi) is 3.93. The Morgan fingerprint density at radius 2 is 1.68 bits per heavy atom.